The number of benzene rings is 2. The van der Waals surface area contributed by atoms with Crippen molar-refractivity contribution in [3.63, 3.8) is 0 Å². The Morgan fingerprint density at radius 3 is 2.34 bits per heavy atom. The molecule has 0 unspecified atom stereocenters. The van der Waals surface area contributed by atoms with Gasteiger partial charge in [-0.15, -0.1) is 0 Å². The molecule has 0 aliphatic carbocycles. The van der Waals surface area contributed by atoms with Crippen LogP contribution >= 0.6 is 0 Å². The number of amides is 1. The first-order valence-electron chi connectivity index (χ1n) is 9.78. The maximum Gasteiger partial charge on any atom is 0.335 e. The fourth-order valence-electron chi connectivity index (χ4n) is 3.18. The van der Waals surface area contributed by atoms with Crippen molar-refractivity contribution in [2.75, 3.05) is 31.5 Å². The van der Waals surface area contributed by atoms with Crippen molar-refractivity contribution in [2.45, 2.75) is 11.8 Å². The Morgan fingerprint density at radius 2 is 1.75 bits per heavy atom. The van der Waals surface area contributed by atoms with Gasteiger partial charge < -0.3 is 15.3 Å². The van der Waals surface area contributed by atoms with Gasteiger partial charge in [-0.3, -0.25) is 4.79 Å². The summed E-state index contributed by atoms with van der Waals surface area (Å²) in [4.78, 5) is 25.5. The molecule has 1 fully saturated rings. The number of nitriles is 1. The van der Waals surface area contributed by atoms with E-state index in [-0.39, 0.29) is 34.8 Å². The normalized spacial score (nSPS) is 15.1. The average Bonchev–Trinajstić information content (AvgIpc) is 2.78. The molecule has 0 bridgehead atoms. The monoisotopic (exact) mass is 454 g/mol. The Kier molecular flexibility index (Phi) is 6.92. The van der Waals surface area contributed by atoms with Gasteiger partial charge in [0.25, 0.3) is 5.91 Å². The first kappa shape index (κ1) is 23.0. The van der Waals surface area contributed by atoms with Crippen LogP contribution in [0.4, 0.5) is 5.69 Å². The fourth-order valence-corrected chi connectivity index (χ4v) is 4.60. The Balaban J connectivity index is 1.65. The van der Waals surface area contributed by atoms with Gasteiger partial charge in [0.1, 0.15) is 11.6 Å². The summed E-state index contributed by atoms with van der Waals surface area (Å²) < 4.78 is 27.0. The molecule has 10 heteroatoms. The number of nitrogens with one attached hydrogen (secondary N) is 1. The number of hydrogen-bond acceptors (Lipinski definition) is 6. The van der Waals surface area contributed by atoms with Gasteiger partial charge in [0.2, 0.25) is 10.0 Å². The van der Waals surface area contributed by atoms with Gasteiger partial charge >= 0.3 is 5.97 Å². The Morgan fingerprint density at radius 1 is 1.09 bits per heavy atom. The van der Waals surface area contributed by atoms with Gasteiger partial charge in [-0.2, -0.15) is 9.57 Å². The number of rotatable bonds is 6. The molecule has 3 rings (SSSR count). The lowest BCUT2D eigenvalue weighted by Gasteiger charge is -2.33. The molecule has 1 aliphatic rings. The number of carboxylic acids is 1. The molecular weight excluding hydrogens is 432 g/mol. The second kappa shape index (κ2) is 9.64. The van der Waals surface area contributed by atoms with Crippen LogP contribution in [0.5, 0.6) is 0 Å². The van der Waals surface area contributed by atoms with E-state index < -0.39 is 21.9 Å². The summed E-state index contributed by atoms with van der Waals surface area (Å²) in [6.45, 7) is 2.95. The molecule has 1 amide bonds. The van der Waals surface area contributed by atoms with Crippen molar-refractivity contribution in [1.29, 1.82) is 5.26 Å². The molecule has 1 aliphatic heterocycles. The third-order valence-electron chi connectivity index (χ3n) is 4.98. The van der Waals surface area contributed by atoms with Crippen molar-refractivity contribution in [3.8, 4) is 6.07 Å². The molecule has 1 saturated heterocycles. The molecule has 1 heterocycles. The predicted octanol–water partition coefficient (Wildman–Crippen LogP) is 2.05. The number of carbonyl (C=O) groups is 2. The van der Waals surface area contributed by atoms with Crippen LogP contribution in [-0.2, 0) is 14.8 Å². The SMILES string of the molecule is Cc1ccc(S(=O)(=O)N2CCN(/C=C(/C#N)C(=O)Nc3cccc(C(=O)O)c3)CC2)cc1. The summed E-state index contributed by atoms with van der Waals surface area (Å²) >= 11 is 0. The van der Waals surface area contributed by atoms with Crippen LogP contribution < -0.4 is 5.32 Å². The smallest absolute Gasteiger partial charge is 0.335 e. The number of nitrogens with zero attached hydrogens (tertiary/aromatic N) is 3. The first-order chi connectivity index (χ1) is 15.2. The number of anilines is 1. The number of hydrogen-bond donors (Lipinski definition) is 2. The van der Waals surface area contributed by atoms with Crippen molar-refractivity contribution < 1.29 is 23.1 Å². The molecule has 2 aromatic carbocycles. The van der Waals surface area contributed by atoms with Crippen molar-refractivity contribution >= 4 is 27.6 Å². The number of sulfonamides is 1. The maximum absolute atomic E-state index is 12.8. The third-order valence-corrected chi connectivity index (χ3v) is 6.89. The van der Waals surface area contributed by atoms with Gasteiger partial charge in [0, 0.05) is 38.1 Å². The van der Waals surface area contributed by atoms with Crippen LogP contribution in [0.3, 0.4) is 0 Å². The highest BCUT2D eigenvalue weighted by Gasteiger charge is 2.28. The maximum atomic E-state index is 12.8. The van der Waals surface area contributed by atoms with Gasteiger partial charge in [-0.05, 0) is 37.3 Å². The lowest BCUT2D eigenvalue weighted by atomic mass is 10.2. The molecule has 9 nitrogen and oxygen atoms in total. The molecule has 2 N–H and O–H groups in total. The van der Waals surface area contributed by atoms with Crippen LogP contribution in [0, 0.1) is 18.3 Å². The van der Waals surface area contributed by atoms with Gasteiger partial charge in [-0.25, -0.2) is 13.2 Å². The van der Waals surface area contributed by atoms with E-state index in [0.29, 0.717) is 13.1 Å². The zero-order valence-corrected chi connectivity index (χ0v) is 18.2. The van der Waals surface area contributed by atoms with Crippen molar-refractivity contribution in [1.82, 2.24) is 9.21 Å². The van der Waals surface area contributed by atoms with Gasteiger partial charge in [0.05, 0.1) is 10.5 Å². The Bertz CT molecular complexity index is 1190. The molecule has 0 atom stereocenters. The van der Waals surface area contributed by atoms with Crippen LogP contribution in [0.1, 0.15) is 15.9 Å². The fraction of sp³-hybridized carbons (Fsp3) is 0.227. The molecule has 0 aromatic heterocycles. The second-order valence-electron chi connectivity index (χ2n) is 7.25. The third kappa shape index (κ3) is 5.32. The molecule has 2 aromatic rings. The zero-order chi connectivity index (χ0) is 23.3. The number of carbonyl (C=O) groups excluding carboxylic acids is 1. The highest BCUT2D eigenvalue weighted by molar-refractivity contribution is 7.89. The highest BCUT2D eigenvalue weighted by Crippen LogP contribution is 2.19. The van der Waals surface area contributed by atoms with Crippen molar-refractivity contribution in [2.24, 2.45) is 0 Å². The molecule has 166 valence electrons. The summed E-state index contributed by atoms with van der Waals surface area (Å²) in [6.07, 6.45) is 1.40. The lowest BCUT2D eigenvalue weighted by Crippen LogP contribution is -2.46. The van der Waals surface area contributed by atoms with Crippen LogP contribution in [0.2, 0.25) is 0 Å². The van der Waals surface area contributed by atoms with Crippen LogP contribution in [-0.4, -0.2) is 60.8 Å². The van der Waals surface area contributed by atoms with Crippen LogP contribution in [0.25, 0.3) is 0 Å². The molecule has 32 heavy (non-hydrogen) atoms. The van der Waals surface area contributed by atoms with E-state index >= 15 is 0 Å². The summed E-state index contributed by atoms with van der Waals surface area (Å²) in [7, 11) is -3.61. The van der Waals surface area contributed by atoms with Gasteiger partial charge in [0.15, 0.2) is 0 Å². The minimum absolute atomic E-state index is 0.0104. The standard InChI is InChI=1S/C22H22N4O5S/c1-16-5-7-20(8-6-16)32(30,31)26-11-9-25(10-12-26)15-18(14-23)21(27)24-19-4-2-3-17(13-19)22(28)29/h2-8,13,15H,9-12H2,1H3,(H,24,27)(H,28,29)/b18-15-. The summed E-state index contributed by atoms with van der Waals surface area (Å²) in [5.41, 5.74) is 1.07. The minimum Gasteiger partial charge on any atom is -0.478 e. The summed E-state index contributed by atoms with van der Waals surface area (Å²) in [5.74, 6) is -1.81. The zero-order valence-electron chi connectivity index (χ0n) is 17.4. The van der Waals surface area contributed by atoms with E-state index in [1.807, 2.05) is 13.0 Å². The van der Waals surface area contributed by atoms with Crippen LogP contribution in [0.15, 0.2) is 65.2 Å². The summed E-state index contributed by atoms with van der Waals surface area (Å²) in [6, 6.07) is 14.2. The van der Waals surface area contributed by atoms with E-state index in [0.717, 1.165) is 5.56 Å². The summed E-state index contributed by atoms with van der Waals surface area (Å²) in [5, 5.41) is 21.0. The quantitative estimate of drug-likeness (QED) is 0.504. The van der Waals surface area contributed by atoms with E-state index in [1.54, 1.807) is 29.2 Å². The van der Waals surface area contributed by atoms with E-state index in [4.69, 9.17) is 5.11 Å². The largest absolute Gasteiger partial charge is 0.478 e. The van der Waals surface area contributed by atoms with E-state index in [1.165, 1.54) is 34.8 Å². The van der Waals surface area contributed by atoms with E-state index in [2.05, 4.69) is 5.32 Å². The second-order valence-corrected chi connectivity index (χ2v) is 9.19. The number of piperazine rings is 1. The number of carboxylic acid groups (broad SMARTS) is 1. The van der Waals surface area contributed by atoms with E-state index in [9.17, 15) is 23.3 Å². The molecular formula is C22H22N4O5S. The Hall–Kier alpha value is -3.68. The van der Waals surface area contributed by atoms with Gasteiger partial charge in [-0.1, -0.05) is 23.8 Å². The van der Waals surface area contributed by atoms with Crippen molar-refractivity contribution in [3.05, 3.63) is 71.4 Å². The molecule has 0 spiro atoms. The number of aromatic carboxylic acids is 1. The minimum atomic E-state index is -3.61. The number of aryl methyl sites for hydroxylation is 1. The topological polar surface area (TPSA) is 131 Å². The average molecular weight is 455 g/mol. The highest BCUT2D eigenvalue weighted by atomic mass is 32.2. The lowest BCUT2D eigenvalue weighted by molar-refractivity contribution is -0.112. The predicted molar refractivity (Wildman–Crippen MR) is 117 cm³/mol. The Labute approximate surface area is 186 Å². The molecule has 0 saturated carbocycles. The first-order valence-corrected chi connectivity index (χ1v) is 11.2. The molecule has 0 radical (unpaired) electrons.